The minimum atomic E-state index is 0.428. The molecule has 108 valence electrons. The molecule has 2 N–H and O–H groups in total. The van der Waals surface area contributed by atoms with Gasteiger partial charge >= 0.3 is 0 Å². The summed E-state index contributed by atoms with van der Waals surface area (Å²) in [6, 6.07) is 8.58. The standard InChI is InChI=1S/C16H28N2O/c1-4-18(5-2)10-11-19-13-15-6-8-16(9-7-15)14(3)12-17/h6-9,14H,4-5,10-13,17H2,1-3H3. The molecule has 3 nitrogen and oxygen atoms in total. The number of hydrogen-bond acceptors (Lipinski definition) is 3. The summed E-state index contributed by atoms with van der Waals surface area (Å²) < 4.78 is 5.71. The monoisotopic (exact) mass is 264 g/mol. The number of ether oxygens (including phenoxy) is 1. The molecule has 1 rings (SSSR count). The minimum Gasteiger partial charge on any atom is -0.375 e. The van der Waals surface area contributed by atoms with Crippen LogP contribution in [-0.4, -0.2) is 37.7 Å². The molecular formula is C16H28N2O. The van der Waals surface area contributed by atoms with Crippen molar-refractivity contribution in [2.24, 2.45) is 5.73 Å². The molecule has 0 fully saturated rings. The molecule has 0 heterocycles. The SMILES string of the molecule is CCN(CC)CCOCc1ccc(C(C)CN)cc1. The van der Waals surface area contributed by atoms with E-state index in [1.165, 1.54) is 11.1 Å². The Kier molecular flexibility index (Phi) is 7.72. The molecule has 0 spiro atoms. The molecule has 0 radical (unpaired) electrons. The van der Waals surface area contributed by atoms with Gasteiger partial charge in [-0.25, -0.2) is 0 Å². The molecule has 0 saturated heterocycles. The summed E-state index contributed by atoms with van der Waals surface area (Å²) in [5.74, 6) is 0.428. The Labute approximate surface area is 117 Å². The van der Waals surface area contributed by atoms with Gasteiger partial charge in [-0.15, -0.1) is 0 Å². The number of rotatable bonds is 9. The maximum absolute atomic E-state index is 5.71. The van der Waals surface area contributed by atoms with Gasteiger partial charge in [-0.2, -0.15) is 0 Å². The molecule has 0 aliphatic carbocycles. The van der Waals surface area contributed by atoms with Gasteiger partial charge in [0.05, 0.1) is 13.2 Å². The van der Waals surface area contributed by atoms with Crippen LogP contribution in [0.2, 0.25) is 0 Å². The zero-order valence-electron chi connectivity index (χ0n) is 12.6. The summed E-state index contributed by atoms with van der Waals surface area (Å²) in [7, 11) is 0. The van der Waals surface area contributed by atoms with E-state index in [1.807, 2.05) is 0 Å². The molecular weight excluding hydrogens is 236 g/mol. The third kappa shape index (κ3) is 5.72. The summed E-state index contributed by atoms with van der Waals surface area (Å²) in [4.78, 5) is 2.37. The van der Waals surface area contributed by atoms with Crippen LogP contribution >= 0.6 is 0 Å². The highest BCUT2D eigenvalue weighted by Gasteiger charge is 2.03. The van der Waals surface area contributed by atoms with Crippen molar-refractivity contribution in [1.82, 2.24) is 4.90 Å². The van der Waals surface area contributed by atoms with Crippen LogP contribution in [0.1, 0.15) is 37.8 Å². The average Bonchev–Trinajstić information content (AvgIpc) is 2.47. The smallest absolute Gasteiger partial charge is 0.0717 e. The summed E-state index contributed by atoms with van der Waals surface area (Å²) in [6.45, 7) is 11.9. The number of nitrogens with two attached hydrogens (primary N) is 1. The van der Waals surface area contributed by atoms with E-state index in [0.29, 0.717) is 19.1 Å². The fourth-order valence-electron chi connectivity index (χ4n) is 2.00. The van der Waals surface area contributed by atoms with Gasteiger partial charge in [0, 0.05) is 6.54 Å². The highest BCUT2D eigenvalue weighted by atomic mass is 16.5. The second-order valence-electron chi connectivity index (χ2n) is 4.96. The molecule has 0 amide bonds. The van der Waals surface area contributed by atoms with Gasteiger partial charge in [0.1, 0.15) is 0 Å². The van der Waals surface area contributed by atoms with Crippen LogP contribution in [0.15, 0.2) is 24.3 Å². The molecule has 0 aromatic heterocycles. The Morgan fingerprint density at radius 1 is 1.16 bits per heavy atom. The van der Waals surface area contributed by atoms with Crippen LogP contribution in [0.4, 0.5) is 0 Å². The molecule has 0 aliphatic heterocycles. The van der Waals surface area contributed by atoms with E-state index in [1.54, 1.807) is 0 Å². The van der Waals surface area contributed by atoms with Crippen molar-refractivity contribution in [1.29, 1.82) is 0 Å². The second kappa shape index (κ2) is 9.08. The normalized spacial score (nSPS) is 12.9. The molecule has 1 atom stereocenters. The van der Waals surface area contributed by atoms with Crippen LogP contribution in [-0.2, 0) is 11.3 Å². The Hall–Kier alpha value is -0.900. The van der Waals surface area contributed by atoms with Crippen LogP contribution in [0.5, 0.6) is 0 Å². The summed E-state index contributed by atoms with van der Waals surface area (Å²) in [5, 5.41) is 0. The number of nitrogens with zero attached hydrogens (tertiary/aromatic N) is 1. The first-order valence-electron chi connectivity index (χ1n) is 7.30. The van der Waals surface area contributed by atoms with E-state index < -0.39 is 0 Å². The lowest BCUT2D eigenvalue weighted by Crippen LogP contribution is -2.26. The van der Waals surface area contributed by atoms with Crippen molar-refractivity contribution in [2.75, 3.05) is 32.8 Å². The van der Waals surface area contributed by atoms with E-state index in [9.17, 15) is 0 Å². The second-order valence-corrected chi connectivity index (χ2v) is 4.96. The largest absolute Gasteiger partial charge is 0.375 e. The van der Waals surface area contributed by atoms with Gasteiger partial charge in [0.25, 0.3) is 0 Å². The average molecular weight is 264 g/mol. The highest BCUT2D eigenvalue weighted by molar-refractivity contribution is 5.24. The maximum atomic E-state index is 5.71. The molecule has 3 heteroatoms. The number of benzene rings is 1. The van der Waals surface area contributed by atoms with Gasteiger partial charge < -0.3 is 15.4 Å². The van der Waals surface area contributed by atoms with Gasteiger partial charge in [-0.05, 0) is 36.7 Å². The Morgan fingerprint density at radius 2 is 1.79 bits per heavy atom. The number of hydrogen-bond donors (Lipinski definition) is 1. The van der Waals surface area contributed by atoms with Crippen molar-refractivity contribution in [3.05, 3.63) is 35.4 Å². The van der Waals surface area contributed by atoms with E-state index in [2.05, 4.69) is 49.9 Å². The van der Waals surface area contributed by atoms with Crippen LogP contribution in [0.25, 0.3) is 0 Å². The van der Waals surface area contributed by atoms with E-state index in [-0.39, 0.29) is 0 Å². The quantitative estimate of drug-likeness (QED) is 0.697. The fraction of sp³-hybridized carbons (Fsp3) is 0.625. The lowest BCUT2D eigenvalue weighted by atomic mass is 10.0. The number of likely N-dealkylation sites (N-methyl/N-ethyl adjacent to an activating group) is 1. The zero-order chi connectivity index (χ0) is 14.1. The lowest BCUT2D eigenvalue weighted by molar-refractivity contribution is 0.0956. The molecule has 19 heavy (non-hydrogen) atoms. The molecule has 1 aromatic rings. The first-order chi connectivity index (χ1) is 9.21. The maximum Gasteiger partial charge on any atom is 0.0717 e. The van der Waals surface area contributed by atoms with Gasteiger partial charge in [-0.1, -0.05) is 45.0 Å². The summed E-state index contributed by atoms with van der Waals surface area (Å²) in [6.07, 6.45) is 0. The Bertz CT molecular complexity index is 333. The topological polar surface area (TPSA) is 38.5 Å². The fourth-order valence-corrected chi connectivity index (χ4v) is 2.00. The lowest BCUT2D eigenvalue weighted by Gasteiger charge is -2.17. The van der Waals surface area contributed by atoms with Gasteiger partial charge in [0.2, 0.25) is 0 Å². The third-order valence-electron chi connectivity index (χ3n) is 3.62. The first kappa shape index (κ1) is 16.2. The van der Waals surface area contributed by atoms with Crippen molar-refractivity contribution in [3.8, 4) is 0 Å². The molecule has 1 aromatic carbocycles. The van der Waals surface area contributed by atoms with E-state index in [4.69, 9.17) is 10.5 Å². The molecule has 0 saturated carbocycles. The van der Waals surface area contributed by atoms with Crippen LogP contribution < -0.4 is 5.73 Å². The Morgan fingerprint density at radius 3 is 2.32 bits per heavy atom. The zero-order valence-corrected chi connectivity index (χ0v) is 12.6. The first-order valence-corrected chi connectivity index (χ1v) is 7.30. The summed E-state index contributed by atoms with van der Waals surface area (Å²) in [5.41, 5.74) is 8.20. The van der Waals surface area contributed by atoms with E-state index in [0.717, 1.165) is 26.2 Å². The van der Waals surface area contributed by atoms with Crippen LogP contribution in [0, 0.1) is 0 Å². The van der Waals surface area contributed by atoms with E-state index >= 15 is 0 Å². The predicted molar refractivity (Wildman–Crippen MR) is 81.4 cm³/mol. The summed E-state index contributed by atoms with van der Waals surface area (Å²) >= 11 is 0. The van der Waals surface area contributed by atoms with Crippen molar-refractivity contribution in [2.45, 2.75) is 33.3 Å². The minimum absolute atomic E-state index is 0.428. The molecule has 0 aliphatic rings. The third-order valence-corrected chi connectivity index (χ3v) is 3.62. The molecule has 1 unspecified atom stereocenters. The van der Waals surface area contributed by atoms with Gasteiger partial charge in [0.15, 0.2) is 0 Å². The van der Waals surface area contributed by atoms with Crippen molar-refractivity contribution >= 4 is 0 Å². The predicted octanol–water partition coefficient (Wildman–Crippen LogP) is 2.61. The van der Waals surface area contributed by atoms with Crippen LogP contribution in [0.3, 0.4) is 0 Å². The van der Waals surface area contributed by atoms with Crippen molar-refractivity contribution in [3.63, 3.8) is 0 Å². The molecule has 0 bridgehead atoms. The van der Waals surface area contributed by atoms with Crippen molar-refractivity contribution < 1.29 is 4.74 Å². The van der Waals surface area contributed by atoms with Gasteiger partial charge in [-0.3, -0.25) is 0 Å². The Balaban J connectivity index is 2.30. The highest BCUT2D eigenvalue weighted by Crippen LogP contribution is 2.14.